The lowest BCUT2D eigenvalue weighted by molar-refractivity contribution is -0.145. The Kier molecular flexibility index (Phi) is 7.66. The highest BCUT2D eigenvalue weighted by Crippen LogP contribution is 2.29. The van der Waals surface area contributed by atoms with Crippen molar-refractivity contribution >= 4 is 5.97 Å². The van der Waals surface area contributed by atoms with Gasteiger partial charge in [-0.2, -0.15) is 0 Å². The number of hydrogen-bond acceptors (Lipinski definition) is 2. The number of hydrogen-bond donors (Lipinski definition) is 0. The average Bonchev–Trinajstić information content (AvgIpc) is 2.26. The summed E-state index contributed by atoms with van der Waals surface area (Å²) < 4.78 is 44.0. The molecule has 2 nitrogen and oxygen atoms in total. The number of alkyl halides is 3. The maximum atomic E-state index is 13.2. The summed E-state index contributed by atoms with van der Waals surface area (Å²) >= 11 is 0. The van der Waals surface area contributed by atoms with Gasteiger partial charge in [0.1, 0.15) is 0 Å². The van der Waals surface area contributed by atoms with Crippen LogP contribution in [0.3, 0.4) is 0 Å². The Morgan fingerprint density at radius 2 is 2.18 bits per heavy atom. The smallest absolute Gasteiger partial charge is 0.309 e. The molecule has 100 valence electrons. The van der Waals surface area contributed by atoms with Crippen LogP contribution in [-0.4, -0.2) is 24.7 Å². The molecule has 17 heavy (non-hydrogen) atoms. The first-order valence-corrected chi connectivity index (χ1v) is 5.72. The van der Waals surface area contributed by atoms with Gasteiger partial charge >= 0.3 is 5.97 Å². The molecule has 0 radical (unpaired) electrons. The average molecular weight is 252 g/mol. The molecule has 0 spiro atoms. The van der Waals surface area contributed by atoms with E-state index in [1.54, 1.807) is 6.92 Å². The van der Waals surface area contributed by atoms with Crippen LogP contribution in [0.5, 0.6) is 0 Å². The fourth-order valence-electron chi connectivity index (χ4n) is 1.23. The summed E-state index contributed by atoms with van der Waals surface area (Å²) in [6.45, 7) is 4.76. The number of halogens is 3. The van der Waals surface area contributed by atoms with E-state index in [4.69, 9.17) is 0 Å². The second-order valence-corrected chi connectivity index (χ2v) is 3.83. The third-order valence-electron chi connectivity index (χ3n) is 2.27. The molecule has 0 aromatic carbocycles. The van der Waals surface area contributed by atoms with Gasteiger partial charge in [0.15, 0.2) is 6.17 Å². The molecule has 0 aromatic heterocycles. The van der Waals surface area contributed by atoms with Gasteiger partial charge in [-0.3, -0.25) is 4.79 Å². The fourth-order valence-corrected chi connectivity index (χ4v) is 1.23. The lowest BCUT2D eigenvalue weighted by atomic mass is 10.1. The van der Waals surface area contributed by atoms with Gasteiger partial charge < -0.3 is 4.74 Å². The van der Waals surface area contributed by atoms with Gasteiger partial charge in [0.05, 0.1) is 13.0 Å². The van der Waals surface area contributed by atoms with E-state index in [-0.39, 0.29) is 19.4 Å². The molecule has 0 fully saturated rings. The molecule has 1 unspecified atom stereocenters. The maximum Gasteiger partial charge on any atom is 0.309 e. The predicted molar refractivity (Wildman–Crippen MR) is 59.8 cm³/mol. The minimum atomic E-state index is -3.33. The van der Waals surface area contributed by atoms with Crippen molar-refractivity contribution < 1.29 is 22.7 Å². The molecule has 0 N–H and O–H groups in total. The standard InChI is InChI=1S/C12H19F3O2/c1-3-5-8-12(14,15)10(13)7-9-17-11(16)6-4-2/h4,10H,2-3,5-9H2,1H3. The molecule has 5 heteroatoms. The Hall–Kier alpha value is -1.00. The normalized spacial score (nSPS) is 13.2. The van der Waals surface area contributed by atoms with E-state index < -0.39 is 30.9 Å². The van der Waals surface area contributed by atoms with Crippen LogP contribution in [0.2, 0.25) is 0 Å². The lowest BCUT2D eigenvalue weighted by Gasteiger charge is -2.20. The monoisotopic (exact) mass is 252 g/mol. The van der Waals surface area contributed by atoms with E-state index in [9.17, 15) is 18.0 Å². The second kappa shape index (κ2) is 8.14. The molecule has 0 aliphatic rings. The van der Waals surface area contributed by atoms with Crippen LogP contribution in [-0.2, 0) is 9.53 Å². The summed E-state index contributed by atoms with van der Waals surface area (Å²) in [5, 5.41) is 0. The molecular formula is C12H19F3O2. The topological polar surface area (TPSA) is 26.3 Å². The number of carbonyl (C=O) groups is 1. The number of esters is 1. The summed E-state index contributed by atoms with van der Waals surface area (Å²) in [7, 11) is 0. The van der Waals surface area contributed by atoms with Crippen molar-refractivity contribution in [3.8, 4) is 0 Å². The Morgan fingerprint density at radius 1 is 1.53 bits per heavy atom. The van der Waals surface area contributed by atoms with Gasteiger partial charge in [0.2, 0.25) is 0 Å². The molecule has 1 atom stereocenters. The minimum absolute atomic E-state index is 0.00315. The summed E-state index contributed by atoms with van der Waals surface area (Å²) in [4.78, 5) is 10.8. The van der Waals surface area contributed by atoms with Crippen LogP contribution in [0, 0.1) is 0 Å². The lowest BCUT2D eigenvalue weighted by Crippen LogP contribution is -2.31. The Morgan fingerprint density at radius 3 is 2.71 bits per heavy atom. The number of unbranched alkanes of at least 4 members (excludes halogenated alkanes) is 1. The van der Waals surface area contributed by atoms with Crippen LogP contribution in [0.4, 0.5) is 13.2 Å². The van der Waals surface area contributed by atoms with E-state index in [0.717, 1.165) is 0 Å². The Balaban J connectivity index is 3.87. The zero-order valence-corrected chi connectivity index (χ0v) is 10.1. The third kappa shape index (κ3) is 7.02. The van der Waals surface area contributed by atoms with Crippen LogP contribution >= 0.6 is 0 Å². The highest BCUT2D eigenvalue weighted by Gasteiger charge is 2.38. The summed E-state index contributed by atoms with van der Waals surface area (Å²) in [5.41, 5.74) is 0. The third-order valence-corrected chi connectivity index (χ3v) is 2.27. The Bertz CT molecular complexity index is 242. The quantitative estimate of drug-likeness (QED) is 0.462. The van der Waals surface area contributed by atoms with E-state index in [1.807, 2.05) is 0 Å². The number of rotatable bonds is 9. The predicted octanol–water partition coefficient (Wildman–Crippen LogP) is 3.66. The van der Waals surface area contributed by atoms with E-state index in [0.29, 0.717) is 6.42 Å². The van der Waals surface area contributed by atoms with Crippen LogP contribution in [0.25, 0.3) is 0 Å². The van der Waals surface area contributed by atoms with Crippen LogP contribution in [0.1, 0.15) is 39.0 Å². The molecular weight excluding hydrogens is 233 g/mol. The highest BCUT2D eigenvalue weighted by molar-refractivity contribution is 5.70. The molecule has 0 aliphatic heterocycles. The molecule has 0 aliphatic carbocycles. The summed E-state index contributed by atoms with van der Waals surface area (Å²) in [6, 6.07) is 0. The molecule has 0 saturated carbocycles. The molecule has 0 amide bonds. The zero-order valence-electron chi connectivity index (χ0n) is 10.1. The van der Waals surface area contributed by atoms with Crippen molar-refractivity contribution in [3.63, 3.8) is 0 Å². The van der Waals surface area contributed by atoms with Crippen molar-refractivity contribution in [3.05, 3.63) is 12.7 Å². The highest BCUT2D eigenvalue weighted by atomic mass is 19.3. The van der Waals surface area contributed by atoms with E-state index >= 15 is 0 Å². The van der Waals surface area contributed by atoms with Gasteiger partial charge in [-0.25, -0.2) is 13.2 Å². The molecule has 0 bridgehead atoms. The van der Waals surface area contributed by atoms with Crippen molar-refractivity contribution in [2.75, 3.05) is 6.61 Å². The SMILES string of the molecule is C=CCC(=O)OCCC(F)C(F)(F)CCCC. The maximum absolute atomic E-state index is 13.2. The number of carbonyl (C=O) groups excluding carboxylic acids is 1. The summed E-state index contributed by atoms with van der Waals surface area (Å²) in [6.07, 6.45) is -0.981. The first-order valence-electron chi connectivity index (χ1n) is 5.72. The summed E-state index contributed by atoms with van der Waals surface area (Å²) in [5.74, 6) is -3.91. The van der Waals surface area contributed by atoms with Crippen molar-refractivity contribution in [2.45, 2.75) is 51.1 Å². The molecule has 0 aromatic rings. The first-order chi connectivity index (χ1) is 7.94. The largest absolute Gasteiger partial charge is 0.465 e. The minimum Gasteiger partial charge on any atom is -0.465 e. The fraction of sp³-hybridized carbons (Fsp3) is 0.750. The molecule has 0 saturated heterocycles. The number of ether oxygens (including phenoxy) is 1. The van der Waals surface area contributed by atoms with Gasteiger partial charge in [-0.1, -0.05) is 19.4 Å². The van der Waals surface area contributed by atoms with Gasteiger partial charge in [0.25, 0.3) is 5.92 Å². The van der Waals surface area contributed by atoms with Crippen LogP contribution in [0.15, 0.2) is 12.7 Å². The molecule has 0 heterocycles. The molecule has 0 rings (SSSR count). The van der Waals surface area contributed by atoms with Crippen LogP contribution < -0.4 is 0 Å². The second-order valence-electron chi connectivity index (χ2n) is 3.83. The van der Waals surface area contributed by atoms with Crippen molar-refractivity contribution in [1.82, 2.24) is 0 Å². The van der Waals surface area contributed by atoms with Gasteiger partial charge in [-0.15, -0.1) is 6.58 Å². The first kappa shape index (κ1) is 16.0. The van der Waals surface area contributed by atoms with Crippen molar-refractivity contribution in [2.24, 2.45) is 0 Å². The van der Waals surface area contributed by atoms with Crippen molar-refractivity contribution in [1.29, 1.82) is 0 Å². The van der Waals surface area contributed by atoms with Gasteiger partial charge in [-0.05, 0) is 6.42 Å². The van der Waals surface area contributed by atoms with E-state index in [2.05, 4.69) is 11.3 Å². The van der Waals surface area contributed by atoms with E-state index in [1.165, 1.54) is 6.08 Å². The van der Waals surface area contributed by atoms with Gasteiger partial charge in [0, 0.05) is 12.8 Å². The Labute approximate surface area is 99.8 Å². The zero-order chi connectivity index (χ0) is 13.3.